The Morgan fingerprint density at radius 3 is 2.55 bits per heavy atom. The molecule has 1 atom stereocenters. The predicted molar refractivity (Wildman–Crippen MR) is 82.2 cm³/mol. The molecule has 0 saturated carbocycles. The van der Waals surface area contributed by atoms with E-state index >= 15 is 0 Å². The van der Waals surface area contributed by atoms with E-state index in [1.165, 1.54) is 11.1 Å². The maximum absolute atomic E-state index is 5.96. The SMILES string of the molecule is CC[C@H](N)c1ccc(Oc2cc(C)cc(C)c2C)cn1. The van der Waals surface area contributed by atoms with Crippen LogP contribution in [0.15, 0.2) is 30.5 Å². The molecule has 2 aromatic rings. The number of hydrogen-bond acceptors (Lipinski definition) is 3. The van der Waals surface area contributed by atoms with Gasteiger partial charge < -0.3 is 10.5 Å². The molecular weight excluding hydrogens is 248 g/mol. The third kappa shape index (κ3) is 3.17. The number of nitrogens with zero attached hydrogens (tertiary/aromatic N) is 1. The van der Waals surface area contributed by atoms with Crippen molar-refractivity contribution in [1.29, 1.82) is 0 Å². The number of nitrogens with two attached hydrogens (primary N) is 1. The second-order valence-electron chi connectivity index (χ2n) is 5.24. The molecule has 1 aromatic carbocycles. The lowest BCUT2D eigenvalue weighted by atomic mass is 10.1. The van der Waals surface area contributed by atoms with Crippen molar-refractivity contribution in [1.82, 2.24) is 4.98 Å². The first-order valence-electron chi connectivity index (χ1n) is 6.98. The zero-order valence-corrected chi connectivity index (χ0v) is 12.6. The Morgan fingerprint density at radius 1 is 1.20 bits per heavy atom. The molecule has 2 N–H and O–H groups in total. The van der Waals surface area contributed by atoms with Crippen LogP contribution in [0.25, 0.3) is 0 Å². The highest BCUT2D eigenvalue weighted by atomic mass is 16.5. The van der Waals surface area contributed by atoms with E-state index < -0.39 is 0 Å². The van der Waals surface area contributed by atoms with Gasteiger partial charge in [-0.25, -0.2) is 0 Å². The molecule has 0 amide bonds. The zero-order valence-electron chi connectivity index (χ0n) is 12.6. The predicted octanol–water partition coefficient (Wildman–Crippen LogP) is 4.21. The van der Waals surface area contributed by atoms with Crippen LogP contribution in [0, 0.1) is 20.8 Å². The smallest absolute Gasteiger partial charge is 0.145 e. The van der Waals surface area contributed by atoms with E-state index in [0.29, 0.717) is 0 Å². The van der Waals surface area contributed by atoms with Crippen molar-refractivity contribution in [2.24, 2.45) is 5.73 Å². The molecule has 0 saturated heterocycles. The quantitative estimate of drug-likeness (QED) is 0.905. The molecule has 106 valence electrons. The Hall–Kier alpha value is -1.87. The van der Waals surface area contributed by atoms with Crippen molar-refractivity contribution in [3.05, 3.63) is 52.8 Å². The summed E-state index contributed by atoms with van der Waals surface area (Å²) in [5, 5.41) is 0. The Kier molecular flexibility index (Phi) is 4.40. The van der Waals surface area contributed by atoms with E-state index in [2.05, 4.69) is 38.7 Å². The molecule has 3 nitrogen and oxygen atoms in total. The van der Waals surface area contributed by atoms with Gasteiger partial charge in [-0.3, -0.25) is 4.98 Å². The highest BCUT2D eigenvalue weighted by molar-refractivity contribution is 5.44. The lowest BCUT2D eigenvalue weighted by molar-refractivity contribution is 0.474. The fourth-order valence-electron chi connectivity index (χ4n) is 2.11. The minimum atomic E-state index is -0.00741. The van der Waals surface area contributed by atoms with Crippen molar-refractivity contribution in [2.45, 2.75) is 40.2 Å². The highest BCUT2D eigenvalue weighted by Gasteiger charge is 2.08. The van der Waals surface area contributed by atoms with Crippen LogP contribution in [-0.4, -0.2) is 4.98 Å². The van der Waals surface area contributed by atoms with Crippen molar-refractivity contribution in [3.63, 3.8) is 0 Å². The molecule has 0 spiro atoms. The van der Waals surface area contributed by atoms with Gasteiger partial charge in [-0.05, 0) is 62.1 Å². The molecule has 0 aliphatic carbocycles. The number of ether oxygens (including phenoxy) is 1. The van der Waals surface area contributed by atoms with Crippen molar-refractivity contribution in [3.8, 4) is 11.5 Å². The molecule has 0 aliphatic rings. The van der Waals surface area contributed by atoms with Gasteiger partial charge in [0.05, 0.1) is 11.9 Å². The average Bonchev–Trinajstić information content (AvgIpc) is 2.44. The fourth-order valence-corrected chi connectivity index (χ4v) is 2.11. The first-order valence-corrected chi connectivity index (χ1v) is 6.98. The Labute approximate surface area is 120 Å². The third-order valence-corrected chi connectivity index (χ3v) is 3.57. The second-order valence-corrected chi connectivity index (χ2v) is 5.24. The van der Waals surface area contributed by atoms with E-state index in [-0.39, 0.29) is 6.04 Å². The number of aromatic nitrogens is 1. The molecule has 2 rings (SSSR count). The van der Waals surface area contributed by atoms with Crippen LogP contribution in [0.1, 0.15) is 41.8 Å². The van der Waals surface area contributed by atoms with Gasteiger partial charge >= 0.3 is 0 Å². The number of rotatable bonds is 4. The van der Waals surface area contributed by atoms with Crippen molar-refractivity contribution in [2.75, 3.05) is 0 Å². The summed E-state index contributed by atoms with van der Waals surface area (Å²) in [6, 6.07) is 8.06. The van der Waals surface area contributed by atoms with Gasteiger partial charge in [-0.1, -0.05) is 13.0 Å². The van der Waals surface area contributed by atoms with E-state index in [1.54, 1.807) is 6.20 Å². The minimum Gasteiger partial charge on any atom is -0.455 e. The maximum Gasteiger partial charge on any atom is 0.145 e. The highest BCUT2D eigenvalue weighted by Crippen LogP contribution is 2.28. The Bertz CT molecular complexity index is 591. The van der Waals surface area contributed by atoms with Gasteiger partial charge in [0.15, 0.2) is 0 Å². The van der Waals surface area contributed by atoms with Crippen LogP contribution in [-0.2, 0) is 0 Å². The normalized spacial score (nSPS) is 12.2. The summed E-state index contributed by atoms with van der Waals surface area (Å²) < 4.78 is 5.94. The minimum absolute atomic E-state index is 0.00741. The summed E-state index contributed by atoms with van der Waals surface area (Å²) in [7, 11) is 0. The standard InChI is InChI=1S/C17H22N2O/c1-5-15(18)16-7-6-14(10-19-16)20-17-9-11(2)8-12(3)13(17)4/h6-10,15H,5,18H2,1-4H3/t15-/m0/s1. The molecule has 3 heteroatoms. The number of hydrogen-bond donors (Lipinski definition) is 1. The molecule has 1 heterocycles. The molecule has 20 heavy (non-hydrogen) atoms. The molecule has 0 bridgehead atoms. The van der Waals surface area contributed by atoms with Gasteiger partial charge in [0.25, 0.3) is 0 Å². The number of aryl methyl sites for hydroxylation is 2. The number of pyridine rings is 1. The largest absolute Gasteiger partial charge is 0.455 e. The van der Waals surface area contributed by atoms with Crippen LogP contribution in [0.4, 0.5) is 0 Å². The Balaban J connectivity index is 2.22. The Morgan fingerprint density at radius 2 is 1.95 bits per heavy atom. The molecule has 0 unspecified atom stereocenters. The van der Waals surface area contributed by atoms with Gasteiger partial charge in [-0.2, -0.15) is 0 Å². The average molecular weight is 270 g/mol. The van der Waals surface area contributed by atoms with Crippen LogP contribution in [0.5, 0.6) is 11.5 Å². The summed E-state index contributed by atoms with van der Waals surface area (Å²) in [6.07, 6.45) is 2.62. The monoisotopic (exact) mass is 270 g/mol. The van der Waals surface area contributed by atoms with Crippen LogP contribution >= 0.6 is 0 Å². The van der Waals surface area contributed by atoms with Crippen LogP contribution < -0.4 is 10.5 Å². The summed E-state index contributed by atoms with van der Waals surface area (Å²) >= 11 is 0. The summed E-state index contributed by atoms with van der Waals surface area (Å²) in [6.45, 7) is 8.28. The van der Waals surface area contributed by atoms with E-state index in [0.717, 1.165) is 29.2 Å². The first kappa shape index (κ1) is 14.5. The summed E-state index contributed by atoms with van der Waals surface area (Å²) in [5.41, 5.74) is 10.4. The van der Waals surface area contributed by atoms with Gasteiger partial charge in [0, 0.05) is 6.04 Å². The van der Waals surface area contributed by atoms with Crippen LogP contribution in [0.3, 0.4) is 0 Å². The molecule has 1 aromatic heterocycles. The molecule has 0 fully saturated rings. The maximum atomic E-state index is 5.96. The number of benzene rings is 1. The van der Waals surface area contributed by atoms with E-state index in [1.807, 2.05) is 18.2 Å². The zero-order chi connectivity index (χ0) is 14.7. The van der Waals surface area contributed by atoms with E-state index in [4.69, 9.17) is 10.5 Å². The summed E-state index contributed by atoms with van der Waals surface area (Å²) in [5.74, 6) is 1.63. The van der Waals surface area contributed by atoms with Crippen LogP contribution in [0.2, 0.25) is 0 Å². The molecular formula is C17H22N2O. The fraction of sp³-hybridized carbons (Fsp3) is 0.353. The topological polar surface area (TPSA) is 48.1 Å². The van der Waals surface area contributed by atoms with Gasteiger partial charge in [0.2, 0.25) is 0 Å². The second kappa shape index (κ2) is 6.06. The third-order valence-electron chi connectivity index (χ3n) is 3.57. The summed E-state index contributed by atoms with van der Waals surface area (Å²) in [4.78, 5) is 4.37. The van der Waals surface area contributed by atoms with E-state index in [9.17, 15) is 0 Å². The first-order chi connectivity index (χ1) is 9.51. The molecule has 0 aliphatic heterocycles. The molecule has 0 radical (unpaired) electrons. The van der Waals surface area contributed by atoms with Gasteiger partial charge in [-0.15, -0.1) is 0 Å². The van der Waals surface area contributed by atoms with Crippen molar-refractivity contribution >= 4 is 0 Å². The van der Waals surface area contributed by atoms with Crippen molar-refractivity contribution < 1.29 is 4.74 Å². The van der Waals surface area contributed by atoms with Gasteiger partial charge in [0.1, 0.15) is 11.5 Å². The lowest BCUT2D eigenvalue weighted by Gasteiger charge is -2.13. The lowest BCUT2D eigenvalue weighted by Crippen LogP contribution is -2.10.